The summed E-state index contributed by atoms with van der Waals surface area (Å²) in [4.78, 5) is 21.0. The molecule has 0 spiro atoms. The Balaban J connectivity index is 0.00000109. The molecule has 0 saturated heterocycles. The van der Waals surface area contributed by atoms with Gasteiger partial charge in [-0.15, -0.1) is 0 Å². The van der Waals surface area contributed by atoms with E-state index in [4.69, 9.17) is 10.5 Å². The molecule has 6 heteroatoms. The van der Waals surface area contributed by atoms with Crippen LogP contribution in [0.5, 0.6) is 0 Å². The van der Waals surface area contributed by atoms with Gasteiger partial charge in [0.25, 0.3) is 0 Å². The first-order chi connectivity index (χ1) is 12.2. The van der Waals surface area contributed by atoms with E-state index in [-0.39, 0.29) is 12.3 Å². The van der Waals surface area contributed by atoms with Gasteiger partial charge >= 0.3 is 5.97 Å². The van der Waals surface area contributed by atoms with Crippen LogP contribution >= 0.6 is 0 Å². The first-order valence-corrected chi connectivity index (χ1v) is 8.24. The standard InChI is InChI=1S/C17H16N4O2.C2H6/c1-2-23-17(22)15-16(19-11-7-4-3-5-8-11)21-14-12(18)9-6-10-13(14)20-15;1-2/h3-10H,2,18H2,1H3,(H,19,21);1-2H3. The van der Waals surface area contributed by atoms with Crippen LogP contribution in [-0.4, -0.2) is 22.5 Å². The second kappa shape index (κ2) is 8.63. The van der Waals surface area contributed by atoms with Gasteiger partial charge < -0.3 is 15.8 Å². The Labute approximate surface area is 147 Å². The minimum atomic E-state index is -0.525. The molecule has 2 aromatic carbocycles. The van der Waals surface area contributed by atoms with Crippen LogP contribution < -0.4 is 11.1 Å². The van der Waals surface area contributed by atoms with Crippen molar-refractivity contribution in [1.82, 2.24) is 9.97 Å². The number of para-hydroxylation sites is 2. The highest BCUT2D eigenvalue weighted by Crippen LogP contribution is 2.24. The summed E-state index contributed by atoms with van der Waals surface area (Å²) in [5.41, 5.74) is 8.47. The van der Waals surface area contributed by atoms with Crippen molar-refractivity contribution >= 4 is 34.2 Å². The monoisotopic (exact) mass is 338 g/mol. The zero-order valence-electron chi connectivity index (χ0n) is 14.6. The van der Waals surface area contributed by atoms with Gasteiger partial charge in [-0.3, -0.25) is 0 Å². The average molecular weight is 338 g/mol. The van der Waals surface area contributed by atoms with Crippen molar-refractivity contribution in [2.45, 2.75) is 20.8 Å². The first-order valence-electron chi connectivity index (χ1n) is 8.24. The van der Waals surface area contributed by atoms with Crippen LogP contribution in [0.15, 0.2) is 48.5 Å². The van der Waals surface area contributed by atoms with Crippen molar-refractivity contribution in [3.05, 3.63) is 54.2 Å². The molecular weight excluding hydrogens is 316 g/mol. The summed E-state index contributed by atoms with van der Waals surface area (Å²) < 4.78 is 5.07. The molecule has 3 rings (SSSR count). The van der Waals surface area contributed by atoms with Crippen molar-refractivity contribution in [3.63, 3.8) is 0 Å². The van der Waals surface area contributed by atoms with Crippen molar-refractivity contribution in [3.8, 4) is 0 Å². The summed E-state index contributed by atoms with van der Waals surface area (Å²) in [5, 5.41) is 3.10. The minimum Gasteiger partial charge on any atom is -0.461 e. The number of carbonyl (C=O) groups excluding carboxylic acids is 1. The van der Waals surface area contributed by atoms with Crippen LogP contribution in [-0.2, 0) is 4.74 Å². The second-order valence-electron chi connectivity index (χ2n) is 4.85. The molecule has 0 aliphatic carbocycles. The molecule has 0 atom stereocenters. The van der Waals surface area contributed by atoms with Gasteiger partial charge in [-0.2, -0.15) is 0 Å². The van der Waals surface area contributed by atoms with Crippen molar-refractivity contribution in [2.24, 2.45) is 0 Å². The maximum atomic E-state index is 12.2. The van der Waals surface area contributed by atoms with Gasteiger partial charge in [-0.05, 0) is 31.2 Å². The smallest absolute Gasteiger partial charge is 0.360 e. The molecule has 130 valence electrons. The number of esters is 1. The fourth-order valence-electron chi connectivity index (χ4n) is 2.19. The highest BCUT2D eigenvalue weighted by atomic mass is 16.5. The number of nitrogen functional groups attached to an aromatic ring is 1. The number of nitrogens with two attached hydrogens (primary N) is 1. The molecule has 1 aromatic heterocycles. The summed E-state index contributed by atoms with van der Waals surface area (Å²) >= 11 is 0. The lowest BCUT2D eigenvalue weighted by Gasteiger charge is -2.12. The Bertz CT molecular complexity index is 851. The van der Waals surface area contributed by atoms with Crippen molar-refractivity contribution < 1.29 is 9.53 Å². The number of aromatic nitrogens is 2. The van der Waals surface area contributed by atoms with Crippen LogP contribution in [0.25, 0.3) is 11.0 Å². The largest absolute Gasteiger partial charge is 0.461 e. The van der Waals surface area contributed by atoms with E-state index in [0.29, 0.717) is 22.5 Å². The summed E-state index contributed by atoms with van der Waals surface area (Å²) in [5.74, 6) is -0.206. The third-order valence-electron chi connectivity index (χ3n) is 3.23. The molecule has 0 fully saturated rings. The zero-order chi connectivity index (χ0) is 18.2. The highest BCUT2D eigenvalue weighted by molar-refractivity contribution is 5.98. The molecule has 0 unspecified atom stereocenters. The van der Waals surface area contributed by atoms with Crippen LogP contribution in [0.4, 0.5) is 17.2 Å². The lowest BCUT2D eigenvalue weighted by Crippen LogP contribution is -2.12. The minimum absolute atomic E-state index is 0.133. The molecule has 25 heavy (non-hydrogen) atoms. The fourth-order valence-corrected chi connectivity index (χ4v) is 2.19. The molecule has 3 aromatic rings. The molecular formula is C19H22N4O2. The van der Waals surface area contributed by atoms with E-state index < -0.39 is 5.97 Å². The summed E-state index contributed by atoms with van der Waals surface area (Å²) in [6.07, 6.45) is 0. The molecule has 0 amide bonds. The third kappa shape index (κ3) is 4.23. The predicted octanol–water partition coefficient (Wildman–Crippen LogP) is 4.16. The highest BCUT2D eigenvalue weighted by Gasteiger charge is 2.18. The van der Waals surface area contributed by atoms with Gasteiger partial charge in [0, 0.05) is 5.69 Å². The quantitative estimate of drug-likeness (QED) is 0.548. The normalized spacial score (nSPS) is 9.88. The van der Waals surface area contributed by atoms with Gasteiger partial charge in [0.15, 0.2) is 11.5 Å². The predicted molar refractivity (Wildman–Crippen MR) is 101 cm³/mol. The Morgan fingerprint density at radius 2 is 1.80 bits per heavy atom. The first kappa shape index (κ1) is 18.2. The van der Waals surface area contributed by atoms with Crippen molar-refractivity contribution in [1.29, 1.82) is 0 Å². The maximum Gasteiger partial charge on any atom is 0.360 e. The number of hydrogen-bond acceptors (Lipinski definition) is 6. The average Bonchev–Trinajstić information content (AvgIpc) is 2.65. The maximum absolute atomic E-state index is 12.2. The van der Waals surface area contributed by atoms with Gasteiger partial charge in [0.1, 0.15) is 5.52 Å². The van der Waals surface area contributed by atoms with E-state index in [9.17, 15) is 4.79 Å². The topological polar surface area (TPSA) is 90.1 Å². The lowest BCUT2D eigenvalue weighted by atomic mass is 10.2. The van der Waals surface area contributed by atoms with E-state index in [1.54, 1.807) is 25.1 Å². The second-order valence-corrected chi connectivity index (χ2v) is 4.85. The Kier molecular flexibility index (Phi) is 6.28. The van der Waals surface area contributed by atoms with E-state index in [0.717, 1.165) is 5.69 Å². The van der Waals surface area contributed by atoms with Crippen LogP contribution in [0.3, 0.4) is 0 Å². The molecule has 1 heterocycles. The van der Waals surface area contributed by atoms with Crippen LogP contribution in [0, 0.1) is 0 Å². The van der Waals surface area contributed by atoms with Gasteiger partial charge in [0.2, 0.25) is 0 Å². The van der Waals surface area contributed by atoms with Crippen LogP contribution in [0.1, 0.15) is 31.3 Å². The Morgan fingerprint density at radius 1 is 1.08 bits per heavy atom. The number of carbonyl (C=O) groups is 1. The molecule has 0 bridgehead atoms. The number of nitrogens with one attached hydrogen (secondary N) is 1. The third-order valence-corrected chi connectivity index (χ3v) is 3.23. The number of fused-ring (bicyclic) bond motifs is 1. The molecule has 3 N–H and O–H groups in total. The molecule has 0 aliphatic rings. The zero-order valence-corrected chi connectivity index (χ0v) is 14.6. The SMILES string of the molecule is CC.CCOC(=O)c1nc2cccc(N)c2nc1Nc1ccccc1. The molecule has 0 saturated carbocycles. The number of hydrogen-bond donors (Lipinski definition) is 2. The van der Waals surface area contributed by atoms with Gasteiger partial charge in [-0.25, -0.2) is 14.8 Å². The van der Waals surface area contributed by atoms with E-state index in [1.807, 2.05) is 44.2 Å². The van der Waals surface area contributed by atoms with E-state index in [2.05, 4.69) is 15.3 Å². The van der Waals surface area contributed by atoms with E-state index >= 15 is 0 Å². The number of anilines is 3. The molecule has 6 nitrogen and oxygen atoms in total. The fraction of sp³-hybridized carbons (Fsp3) is 0.211. The van der Waals surface area contributed by atoms with Crippen molar-refractivity contribution in [2.75, 3.05) is 17.7 Å². The van der Waals surface area contributed by atoms with E-state index in [1.165, 1.54) is 0 Å². The number of nitrogens with zero attached hydrogens (tertiary/aromatic N) is 2. The molecule has 0 aliphatic heterocycles. The Hall–Kier alpha value is -3.15. The summed E-state index contributed by atoms with van der Waals surface area (Å²) in [7, 11) is 0. The van der Waals surface area contributed by atoms with Gasteiger partial charge in [-0.1, -0.05) is 38.1 Å². The number of ether oxygens (including phenoxy) is 1. The number of benzene rings is 2. The lowest BCUT2D eigenvalue weighted by molar-refractivity contribution is 0.0521. The number of rotatable bonds is 4. The Morgan fingerprint density at radius 3 is 2.48 bits per heavy atom. The molecule has 0 radical (unpaired) electrons. The summed E-state index contributed by atoms with van der Waals surface area (Å²) in [6, 6.07) is 14.7. The van der Waals surface area contributed by atoms with Gasteiger partial charge in [0.05, 0.1) is 17.8 Å². The van der Waals surface area contributed by atoms with Crippen LogP contribution in [0.2, 0.25) is 0 Å². The summed E-state index contributed by atoms with van der Waals surface area (Å²) in [6.45, 7) is 6.01.